The Morgan fingerprint density at radius 3 is 2.51 bits per heavy atom. The van der Waals surface area contributed by atoms with E-state index in [1.165, 1.54) is 6.08 Å². The van der Waals surface area contributed by atoms with Crippen LogP contribution in [-0.4, -0.2) is 44.4 Å². The van der Waals surface area contributed by atoms with Crippen LogP contribution in [0.2, 0.25) is 0 Å². The Morgan fingerprint density at radius 2 is 1.86 bits per heavy atom. The SMILES string of the molecule is C=CCOC(=O)NCc1ccc([C@H]2O[C@@H](CSc3nncn3C)[C@@H](C)[C@@H](c3ccc(CO)cc3)O2)cc1. The van der Waals surface area contributed by atoms with Crippen LogP contribution in [0, 0.1) is 5.92 Å². The number of thioether (sulfide) groups is 1. The summed E-state index contributed by atoms with van der Waals surface area (Å²) in [6.45, 7) is 6.16. The lowest BCUT2D eigenvalue weighted by molar-refractivity contribution is -0.268. The molecule has 1 saturated heterocycles. The maximum atomic E-state index is 11.7. The molecule has 0 saturated carbocycles. The molecular weight excluding hydrogens is 492 g/mol. The first kappa shape index (κ1) is 26.9. The number of benzene rings is 2. The van der Waals surface area contributed by atoms with Crippen LogP contribution in [0.25, 0.3) is 0 Å². The summed E-state index contributed by atoms with van der Waals surface area (Å²) in [5, 5.41) is 21.1. The molecule has 2 heterocycles. The highest BCUT2D eigenvalue weighted by Crippen LogP contribution is 2.42. The minimum absolute atomic E-state index is 0.00274. The molecule has 0 spiro atoms. The molecule has 196 valence electrons. The Bertz CT molecular complexity index is 1170. The summed E-state index contributed by atoms with van der Waals surface area (Å²) in [4.78, 5) is 11.7. The molecule has 1 aliphatic heterocycles. The number of hydrogen-bond acceptors (Lipinski definition) is 8. The Hall–Kier alpha value is -3.18. The van der Waals surface area contributed by atoms with Gasteiger partial charge < -0.3 is 29.2 Å². The number of nitrogens with zero attached hydrogens (tertiary/aromatic N) is 3. The van der Waals surface area contributed by atoms with Gasteiger partial charge >= 0.3 is 6.09 Å². The van der Waals surface area contributed by atoms with Gasteiger partial charge in [-0.25, -0.2) is 4.79 Å². The highest BCUT2D eigenvalue weighted by molar-refractivity contribution is 7.99. The lowest BCUT2D eigenvalue weighted by Gasteiger charge is -2.41. The molecule has 9 nitrogen and oxygen atoms in total. The minimum Gasteiger partial charge on any atom is -0.445 e. The monoisotopic (exact) mass is 524 g/mol. The highest BCUT2D eigenvalue weighted by atomic mass is 32.2. The zero-order valence-electron chi connectivity index (χ0n) is 20.9. The molecular formula is C27H32N4O5S. The Balaban J connectivity index is 1.49. The van der Waals surface area contributed by atoms with Crippen molar-refractivity contribution in [3.63, 3.8) is 0 Å². The van der Waals surface area contributed by atoms with Crippen molar-refractivity contribution in [3.8, 4) is 0 Å². The van der Waals surface area contributed by atoms with Crippen LogP contribution in [0.4, 0.5) is 4.79 Å². The summed E-state index contributed by atoms with van der Waals surface area (Å²) in [5.74, 6) is 0.759. The second-order valence-corrected chi connectivity index (χ2v) is 9.83. The molecule has 0 radical (unpaired) electrons. The summed E-state index contributed by atoms with van der Waals surface area (Å²) < 4.78 is 19.8. The summed E-state index contributed by atoms with van der Waals surface area (Å²) in [5.41, 5.74) is 3.70. The third-order valence-corrected chi connectivity index (χ3v) is 7.31. The van der Waals surface area contributed by atoms with E-state index in [1.54, 1.807) is 18.1 Å². The number of rotatable bonds is 10. The summed E-state index contributed by atoms with van der Waals surface area (Å²) in [7, 11) is 1.92. The second kappa shape index (κ2) is 12.9. The van der Waals surface area contributed by atoms with Crippen LogP contribution in [0.1, 0.15) is 41.6 Å². The number of ether oxygens (including phenoxy) is 3. The first-order chi connectivity index (χ1) is 18.0. The van der Waals surface area contributed by atoms with E-state index in [1.807, 2.05) is 60.1 Å². The average molecular weight is 525 g/mol. The zero-order chi connectivity index (χ0) is 26.2. The van der Waals surface area contributed by atoms with Crippen molar-refractivity contribution in [1.29, 1.82) is 0 Å². The number of carbonyl (C=O) groups is 1. The predicted octanol–water partition coefficient (Wildman–Crippen LogP) is 4.30. The van der Waals surface area contributed by atoms with E-state index in [4.69, 9.17) is 14.2 Å². The van der Waals surface area contributed by atoms with Gasteiger partial charge in [-0.2, -0.15) is 0 Å². The van der Waals surface area contributed by atoms with E-state index in [0.717, 1.165) is 27.4 Å². The van der Waals surface area contributed by atoms with Crippen molar-refractivity contribution in [2.75, 3.05) is 12.4 Å². The topological polar surface area (TPSA) is 108 Å². The fourth-order valence-electron chi connectivity index (χ4n) is 4.02. The van der Waals surface area contributed by atoms with Crippen LogP contribution < -0.4 is 5.32 Å². The quantitative estimate of drug-likeness (QED) is 0.299. The molecule has 1 aromatic heterocycles. The van der Waals surface area contributed by atoms with Crippen LogP contribution in [-0.2, 0) is 34.4 Å². The number of aliphatic hydroxyl groups is 1. The number of carbonyl (C=O) groups excluding carboxylic acids is 1. The van der Waals surface area contributed by atoms with Crippen molar-refractivity contribution < 1.29 is 24.1 Å². The van der Waals surface area contributed by atoms with Gasteiger partial charge in [0.05, 0.1) is 18.8 Å². The first-order valence-corrected chi connectivity index (χ1v) is 13.0. The van der Waals surface area contributed by atoms with Crippen molar-refractivity contribution in [3.05, 3.63) is 89.8 Å². The van der Waals surface area contributed by atoms with Gasteiger partial charge in [-0.15, -0.1) is 10.2 Å². The number of amides is 1. The van der Waals surface area contributed by atoms with Gasteiger partial charge in [0.15, 0.2) is 11.4 Å². The van der Waals surface area contributed by atoms with Gasteiger partial charge in [-0.3, -0.25) is 0 Å². The smallest absolute Gasteiger partial charge is 0.407 e. The molecule has 10 heteroatoms. The third kappa shape index (κ3) is 6.98. The van der Waals surface area contributed by atoms with E-state index in [2.05, 4.69) is 29.0 Å². The fourth-order valence-corrected chi connectivity index (χ4v) is 5.07. The minimum atomic E-state index is -0.566. The summed E-state index contributed by atoms with van der Waals surface area (Å²) >= 11 is 1.60. The molecule has 4 rings (SSSR count). The number of alkyl carbamates (subject to hydrolysis) is 1. The van der Waals surface area contributed by atoms with E-state index >= 15 is 0 Å². The average Bonchev–Trinajstić information content (AvgIpc) is 3.35. The first-order valence-electron chi connectivity index (χ1n) is 12.1. The Kier molecular flexibility index (Phi) is 9.34. The van der Waals surface area contributed by atoms with E-state index in [9.17, 15) is 9.90 Å². The Labute approximate surface area is 220 Å². The maximum absolute atomic E-state index is 11.7. The van der Waals surface area contributed by atoms with Crippen molar-refractivity contribution >= 4 is 17.9 Å². The maximum Gasteiger partial charge on any atom is 0.407 e. The number of aryl methyl sites for hydroxylation is 1. The van der Waals surface area contributed by atoms with Crippen LogP contribution in [0.5, 0.6) is 0 Å². The standard InChI is InChI=1S/C27H32N4O5S/c1-4-13-34-27(33)28-14-19-5-11-22(12-6-19)25-35-23(16-37-26-30-29-17-31(26)3)18(2)24(36-25)21-9-7-20(15-32)8-10-21/h4-12,17-18,23-25,32H,1,13-16H2,2-3H3,(H,28,33)/t18-,23+,24+,25+/m1/s1. The zero-order valence-corrected chi connectivity index (χ0v) is 21.8. The lowest BCUT2D eigenvalue weighted by atomic mass is 9.91. The molecule has 3 aromatic rings. The Morgan fingerprint density at radius 1 is 1.16 bits per heavy atom. The number of nitrogens with one attached hydrogen (secondary N) is 1. The summed E-state index contributed by atoms with van der Waals surface area (Å²) in [6.07, 6.45) is 1.84. The summed E-state index contributed by atoms with van der Waals surface area (Å²) in [6, 6.07) is 15.6. The van der Waals surface area contributed by atoms with Crippen molar-refractivity contribution in [2.24, 2.45) is 13.0 Å². The molecule has 2 N–H and O–H groups in total. The van der Waals surface area contributed by atoms with Crippen LogP contribution in [0.3, 0.4) is 0 Å². The van der Waals surface area contributed by atoms with E-state index in [0.29, 0.717) is 12.3 Å². The fraction of sp³-hybridized carbons (Fsp3) is 0.370. The highest BCUT2D eigenvalue weighted by Gasteiger charge is 2.38. The normalized spacial score (nSPS) is 21.4. The molecule has 4 atom stereocenters. The van der Waals surface area contributed by atoms with Crippen molar-refractivity contribution in [2.45, 2.75) is 43.7 Å². The molecule has 0 aliphatic carbocycles. The molecule has 0 bridgehead atoms. The van der Waals surface area contributed by atoms with Crippen LogP contribution >= 0.6 is 11.8 Å². The third-order valence-electron chi connectivity index (χ3n) is 6.19. The molecule has 2 aromatic carbocycles. The second-order valence-electron chi connectivity index (χ2n) is 8.84. The number of aromatic nitrogens is 3. The number of hydrogen-bond donors (Lipinski definition) is 2. The van der Waals surface area contributed by atoms with E-state index < -0.39 is 12.4 Å². The van der Waals surface area contributed by atoms with E-state index in [-0.39, 0.29) is 31.3 Å². The van der Waals surface area contributed by atoms with Gasteiger partial charge in [-0.05, 0) is 16.7 Å². The van der Waals surface area contributed by atoms with Gasteiger partial charge in [0.1, 0.15) is 12.9 Å². The van der Waals surface area contributed by atoms with Gasteiger partial charge in [0.2, 0.25) is 0 Å². The number of aliphatic hydroxyl groups excluding tert-OH is 1. The van der Waals surface area contributed by atoms with Gasteiger partial charge in [0.25, 0.3) is 0 Å². The molecule has 1 amide bonds. The molecule has 1 fully saturated rings. The van der Waals surface area contributed by atoms with Gasteiger partial charge in [0, 0.05) is 30.8 Å². The molecule has 37 heavy (non-hydrogen) atoms. The van der Waals surface area contributed by atoms with Crippen molar-refractivity contribution in [1.82, 2.24) is 20.1 Å². The largest absolute Gasteiger partial charge is 0.445 e. The lowest BCUT2D eigenvalue weighted by Crippen LogP contribution is -2.38. The van der Waals surface area contributed by atoms with Gasteiger partial charge in [-0.1, -0.05) is 79.9 Å². The molecule has 1 aliphatic rings. The predicted molar refractivity (Wildman–Crippen MR) is 140 cm³/mol. The van der Waals surface area contributed by atoms with Crippen LogP contribution in [0.15, 0.2) is 72.7 Å². The molecule has 0 unspecified atom stereocenters.